The summed E-state index contributed by atoms with van der Waals surface area (Å²) in [4.78, 5) is 12.3. The summed E-state index contributed by atoms with van der Waals surface area (Å²) >= 11 is 6.06. The molecule has 1 aromatic carbocycles. The molecule has 1 amide bonds. The Bertz CT molecular complexity index is 689. The molecule has 2 bridgehead atoms. The summed E-state index contributed by atoms with van der Waals surface area (Å²) in [5.41, 5.74) is 1.34. The molecule has 26 heavy (non-hydrogen) atoms. The standard InChI is InChI=1S/C21H28ClNO3/c1-20(2)14-11-16-18(13-3-5-15(22)6-4-13)26-10-8-21(16,12-14)19(20)23-17(25)7-9-24/h3-6,14,16,18-19,24H,7-12H2,1-2H3,(H,23,25)/t14-,16-,18-,19+,21-/m1/s1. The quantitative estimate of drug-likeness (QED) is 0.840. The molecule has 0 radical (unpaired) electrons. The van der Waals surface area contributed by atoms with Crippen molar-refractivity contribution in [1.82, 2.24) is 5.32 Å². The molecule has 1 spiro atoms. The number of hydrogen-bond donors (Lipinski definition) is 2. The van der Waals surface area contributed by atoms with Crippen LogP contribution in [-0.4, -0.2) is 30.3 Å². The van der Waals surface area contributed by atoms with E-state index in [9.17, 15) is 4.79 Å². The molecule has 2 aliphatic carbocycles. The third kappa shape index (κ3) is 2.69. The Labute approximate surface area is 160 Å². The molecule has 2 N–H and O–H groups in total. The summed E-state index contributed by atoms with van der Waals surface area (Å²) in [5, 5.41) is 13.2. The molecule has 4 rings (SSSR count). The lowest BCUT2D eigenvalue weighted by atomic mass is 9.59. The second kappa shape index (κ2) is 6.50. The number of carbonyl (C=O) groups excluding carboxylic acids is 1. The molecule has 1 heterocycles. The number of ether oxygens (including phenoxy) is 1. The van der Waals surface area contributed by atoms with E-state index < -0.39 is 0 Å². The van der Waals surface area contributed by atoms with Gasteiger partial charge < -0.3 is 15.2 Å². The lowest BCUT2D eigenvalue weighted by Gasteiger charge is -2.53. The topological polar surface area (TPSA) is 58.6 Å². The number of nitrogens with one attached hydrogen (secondary N) is 1. The fourth-order valence-electron chi connectivity index (χ4n) is 6.10. The van der Waals surface area contributed by atoms with Crippen molar-refractivity contribution in [2.75, 3.05) is 13.2 Å². The minimum Gasteiger partial charge on any atom is -0.396 e. The van der Waals surface area contributed by atoms with E-state index in [1.54, 1.807) is 0 Å². The van der Waals surface area contributed by atoms with Gasteiger partial charge >= 0.3 is 0 Å². The molecule has 5 heteroatoms. The van der Waals surface area contributed by atoms with Crippen LogP contribution in [0.2, 0.25) is 5.02 Å². The number of rotatable bonds is 4. The molecule has 2 saturated carbocycles. The summed E-state index contributed by atoms with van der Waals surface area (Å²) in [7, 11) is 0. The molecule has 1 aromatic rings. The Kier molecular flexibility index (Phi) is 4.57. The smallest absolute Gasteiger partial charge is 0.222 e. The number of benzene rings is 1. The van der Waals surface area contributed by atoms with Gasteiger partial charge in [-0.25, -0.2) is 0 Å². The van der Waals surface area contributed by atoms with Gasteiger partial charge in [0.05, 0.1) is 12.7 Å². The number of carbonyl (C=O) groups is 1. The number of hydrogen-bond acceptors (Lipinski definition) is 3. The van der Waals surface area contributed by atoms with Crippen molar-refractivity contribution < 1.29 is 14.6 Å². The van der Waals surface area contributed by atoms with Crippen LogP contribution >= 0.6 is 11.6 Å². The molecule has 142 valence electrons. The molecule has 3 fully saturated rings. The fourth-order valence-corrected chi connectivity index (χ4v) is 6.23. The van der Waals surface area contributed by atoms with Gasteiger partial charge in [-0.15, -0.1) is 0 Å². The third-order valence-corrected chi connectivity index (χ3v) is 7.60. The van der Waals surface area contributed by atoms with Crippen LogP contribution in [0.1, 0.15) is 51.2 Å². The summed E-state index contributed by atoms with van der Waals surface area (Å²) < 4.78 is 6.24. The first-order valence-electron chi connectivity index (χ1n) is 9.66. The van der Waals surface area contributed by atoms with E-state index >= 15 is 0 Å². The van der Waals surface area contributed by atoms with Crippen molar-refractivity contribution in [2.24, 2.45) is 22.7 Å². The van der Waals surface area contributed by atoms with Crippen LogP contribution in [0, 0.1) is 22.7 Å². The number of fused-ring (bicyclic) bond motifs is 1. The van der Waals surface area contributed by atoms with E-state index in [2.05, 4.69) is 31.3 Å². The summed E-state index contributed by atoms with van der Waals surface area (Å²) in [6, 6.07) is 8.14. The van der Waals surface area contributed by atoms with Gasteiger partial charge in [0, 0.05) is 24.1 Å². The zero-order valence-corrected chi connectivity index (χ0v) is 16.3. The Morgan fingerprint density at radius 3 is 2.77 bits per heavy atom. The first kappa shape index (κ1) is 18.3. The molecule has 3 aliphatic rings. The van der Waals surface area contributed by atoms with E-state index in [4.69, 9.17) is 21.4 Å². The van der Waals surface area contributed by atoms with Gasteiger partial charge in [-0.2, -0.15) is 0 Å². The molecule has 5 atom stereocenters. The first-order chi connectivity index (χ1) is 12.4. The van der Waals surface area contributed by atoms with E-state index in [1.165, 1.54) is 5.56 Å². The third-order valence-electron chi connectivity index (χ3n) is 7.35. The van der Waals surface area contributed by atoms with Crippen LogP contribution in [0.5, 0.6) is 0 Å². The van der Waals surface area contributed by atoms with Gasteiger partial charge in [0.2, 0.25) is 5.91 Å². The van der Waals surface area contributed by atoms with Crippen LogP contribution in [0.25, 0.3) is 0 Å². The number of aliphatic hydroxyl groups excluding tert-OH is 1. The number of halogens is 1. The highest BCUT2D eigenvalue weighted by atomic mass is 35.5. The Morgan fingerprint density at radius 2 is 2.08 bits per heavy atom. The predicted molar refractivity (Wildman–Crippen MR) is 101 cm³/mol. The molecule has 1 aliphatic heterocycles. The second-order valence-electron chi connectivity index (χ2n) is 8.86. The van der Waals surface area contributed by atoms with Crippen molar-refractivity contribution in [3.8, 4) is 0 Å². The van der Waals surface area contributed by atoms with E-state index in [0.717, 1.165) is 30.9 Å². The van der Waals surface area contributed by atoms with Crippen LogP contribution in [0.4, 0.5) is 0 Å². The van der Waals surface area contributed by atoms with Gasteiger partial charge in [0.25, 0.3) is 0 Å². The maximum atomic E-state index is 12.3. The van der Waals surface area contributed by atoms with Crippen molar-refractivity contribution in [3.63, 3.8) is 0 Å². The maximum absolute atomic E-state index is 12.3. The normalized spacial score (nSPS) is 37.4. The molecule has 0 unspecified atom stereocenters. The zero-order chi connectivity index (χ0) is 18.5. The number of aliphatic hydroxyl groups is 1. The van der Waals surface area contributed by atoms with Crippen LogP contribution in [-0.2, 0) is 9.53 Å². The Morgan fingerprint density at radius 1 is 1.35 bits per heavy atom. The Hall–Kier alpha value is -1.10. The zero-order valence-electron chi connectivity index (χ0n) is 15.5. The monoisotopic (exact) mass is 377 g/mol. The van der Waals surface area contributed by atoms with Crippen molar-refractivity contribution in [3.05, 3.63) is 34.9 Å². The lowest BCUT2D eigenvalue weighted by Crippen LogP contribution is -2.59. The predicted octanol–water partition coefficient (Wildman–Crippen LogP) is 3.72. The van der Waals surface area contributed by atoms with Gasteiger partial charge in [0.15, 0.2) is 0 Å². The van der Waals surface area contributed by atoms with Crippen molar-refractivity contribution in [1.29, 1.82) is 0 Å². The second-order valence-corrected chi connectivity index (χ2v) is 9.30. The minimum atomic E-state index is -0.102. The lowest BCUT2D eigenvalue weighted by molar-refractivity contribution is -0.137. The molecular formula is C21H28ClNO3. The maximum Gasteiger partial charge on any atom is 0.222 e. The van der Waals surface area contributed by atoms with E-state index in [0.29, 0.717) is 11.8 Å². The van der Waals surface area contributed by atoms with Crippen LogP contribution in [0.15, 0.2) is 24.3 Å². The van der Waals surface area contributed by atoms with E-state index in [-0.39, 0.29) is 41.9 Å². The van der Waals surface area contributed by atoms with Crippen LogP contribution in [0.3, 0.4) is 0 Å². The van der Waals surface area contributed by atoms with Crippen LogP contribution < -0.4 is 5.32 Å². The number of amides is 1. The average Bonchev–Trinajstić information content (AvgIpc) is 3.09. The highest BCUT2D eigenvalue weighted by Gasteiger charge is 2.68. The minimum absolute atomic E-state index is 0.0409. The van der Waals surface area contributed by atoms with Crippen molar-refractivity contribution in [2.45, 2.75) is 51.7 Å². The first-order valence-corrected chi connectivity index (χ1v) is 10.0. The van der Waals surface area contributed by atoms with Gasteiger partial charge in [-0.3, -0.25) is 4.79 Å². The Balaban J connectivity index is 1.66. The van der Waals surface area contributed by atoms with Gasteiger partial charge in [-0.1, -0.05) is 37.6 Å². The highest BCUT2D eigenvalue weighted by molar-refractivity contribution is 6.30. The average molecular weight is 378 g/mol. The largest absolute Gasteiger partial charge is 0.396 e. The van der Waals surface area contributed by atoms with Gasteiger partial charge in [-0.05, 0) is 59.6 Å². The SMILES string of the molecule is CC1(C)[C@@H]2C[C@@H]3[C@@H](c4ccc(Cl)cc4)OCC[C@]3(C2)[C@H]1NC(=O)CCO. The summed E-state index contributed by atoms with van der Waals surface area (Å²) in [5.74, 6) is 0.957. The van der Waals surface area contributed by atoms with Crippen molar-refractivity contribution >= 4 is 17.5 Å². The molecule has 1 saturated heterocycles. The molecular weight excluding hydrogens is 350 g/mol. The van der Waals surface area contributed by atoms with E-state index in [1.807, 2.05) is 12.1 Å². The molecule has 0 aromatic heterocycles. The fraction of sp³-hybridized carbons (Fsp3) is 0.667. The van der Waals surface area contributed by atoms with Gasteiger partial charge in [0.1, 0.15) is 0 Å². The summed E-state index contributed by atoms with van der Waals surface area (Å²) in [6.45, 7) is 5.20. The molecule has 4 nitrogen and oxygen atoms in total. The summed E-state index contributed by atoms with van der Waals surface area (Å²) in [6.07, 6.45) is 3.54. The highest BCUT2D eigenvalue weighted by Crippen LogP contribution is 2.70.